The van der Waals surface area contributed by atoms with Crippen molar-refractivity contribution in [2.24, 2.45) is 0 Å². The molecule has 0 aliphatic rings. The van der Waals surface area contributed by atoms with Crippen LogP contribution in [0.3, 0.4) is 0 Å². The number of H-pyrrole nitrogens is 1. The summed E-state index contributed by atoms with van der Waals surface area (Å²) in [6.07, 6.45) is -4.33. The zero-order valence-electron chi connectivity index (χ0n) is 13.1. The van der Waals surface area contributed by atoms with E-state index in [2.05, 4.69) is 30.7 Å². The first kappa shape index (κ1) is 15.6. The second-order valence-corrected chi connectivity index (χ2v) is 6.64. The molecular weight excluding hydrogens is 301 g/mol. The molecule has 0 aliphatic heterocycles. The molecule has 3 rings (SSSR count). The van der Waals surface area contributed by atoms with Crippen molar-refractivity contribution in [2.75, 3.05) is 0 Å². The summed E-state index contributed by atoms with van der Waals surface area (Å²) < 4.78 is 37.9. The van der Waals surface area contributed by atoms with E-state index in [1.165, 1.54) is 12.1 Å². The molecule has 2 aromatic carbocycles. The van der Waals surface area contributed by atoms with Crippen molar-refractivity contribution in [2.45, 2.75) is 32.4 Å². The van der Waals surface area contributed by atoms with Gasteiger partial charge in [-0.25, -0.2) is 4.98 Å². The van der Waals surface area contributed by atoms with Gasteiger partial charge in [-0.1, -0.05) is 39.0 Å². The van der Waals surface area contributed by atoms with E-state index in [9.17, 15) is 13.2 Å². The van der Waals surface area contributed by atoms with Gasteiger partial charge >= 0.3 is 6.18 Å². The molecule has 0 unspecified atom stereocenters. The zero-order valence-corrected chi connectivity index (χ0v) is 13.1. The highest BCUT2D eigenvalue weighted by Crippen LogP contribution is 2.31. The Morgan fingerprint density at radius 3 is 2.04 bits per heavy atom. The molecule has 5 heteroatoms. The molecular formula is C18H17F3N2. The molecule has 120 valence electrons. The van der Waals surface area contributed by atoms with Crippen LogP contribution in [0, 0.1) is 0 Å². The summed E-state index contributed by atoms with van der Waals surface area (Å²) in [5, 5.41) is 0. The van der Waals surface area contributed by atoms with Gasteiger partial charge in [-0.3, -0.25) is 0 Å². The van der Waals surface area contributed by atoms with Crippen LogP contribution in [-0.4, -0.2) is 9.97 Å². The zero-order chi connectivity index (χ0) is 16.8. The number of hydrogen-bond acceptors (Lipinski definition) is 1. The molecule has 2 nitrogen and oxygen atoms in total. The number of hydrogen-bond donors (Lipinski definition) is 1. The largest absolute Gasteiger partial charge is 0.416 e. The van der Waals surface area contributed by atoms with Crippen LogP contribution in [0.1, 0.15) is 31.9 Å². The van der Waals surface area contributed by atoms with Gasteiger partial charge < -0.3 is 4.98 Å². The normalized spacial score (nSPS) is 12.8. The van der Waals surface area contributed by atoms with Crippen LogP contribution in [-0.2, 0) is 11.6 Å². The second kappa shape index (κ2) is 5.11. The summed E-state index contributed by atoms with van der Waals surface area (Å²) in [6, 6.07) is 11.0. The Bertz CT molecular complexity index is 837. The topological polar surface area (TPSA) is 28.7 Å². The third-order valence-electron chi connectivity index (χ3n) is 3.83. The molecule has 0 radical (unpaired) electrons. The minimum absolute atomic E-state index is 0.0155. The lowest BCUT2D eigenvalue weighted by Crippen LogP contribution is -2.10. The van der Waals surface area contributed by atoms with E-state index in [0.29, 0.717) is 11.4 Å². The van der Waals surface area contributed by atoms with Gasteiger partial charge in [0.2, 0.25) is 0 Å². The fourth-order valence-electron chi connectivity index (χ4n) is 2.43. The molecule has 0 fully saturated rings. The number of rotatable bonds is 1. The SMILES string of the molecule is CC(C)(C)c1ccc2[nH]c(-c3ccc(C(F)(F)F)cc3)nc2c1. The summed E-state index contributed by atoms with van der Waals surface area (Å²) in [5.74, 6) is 0.569. The number of fused-ring (bicyclic) bond motifs is 1. The van der Waals surface area contributed by atoms with Crippen LogP contribution >= 0.6 is 0 Å². The Hall–Kier alpha value is -2.30. The van der Waals surface area contributed by atoms with Crippen molar-refractivity contribution >= 4 is 11.0 Å². The summed E-state index contributed by atoms with van der Waals surface area (Å²) in [4.78, 5) is 7.67. The van der Waals surface area contributed by atoms with E-state index in [0.717, 1.165) is 28.7 Å². The standard InChI is InChI=1S/C18H17F3N2/c1-17(2,3)13-8-9-14-15(10-13)23-16(22-14)11-4-6-12(7-5-11)18(19,20)21/h4-10H,1-3H3,(H,22,23). The van der Waals surface area contributed by atoms with Crippen molar-refractivity contribution in [3.63, 3.8) is 0 Å². The Morgan fingerprint density at radius 1 is 0.870 bits per heavy atom. The third kappa shape index (κ3) is 3.09. The number of nitrogens with one attached hydrogen (secondary N) is 1. The molecule has 1 aromatic heterocycles. The first-order chi connectivity index (χ1) is 10.6. The first-order valence-corrected chi connectivity index (χ1v) is 7.32. The van der Waals surface area contributed by atoms with E-state index in [-0.39, 0.29) is 5.41 Å². The highest BCUT2D eigenvalue weighted by Gasteiger charge is 2.30. The van der Waals surface area contributed by atoms with E-state index in [1.54, 1.807) is 0 Å². The van der Waals surface area contributed by atoms with Crippen LogP contribution in [0.15, 0.2) is 42.5 Å². The van der Waals surface area contributed by atoms with Crippen LogP contribution in [0.4, 0.5) is 13.2 Å². The lowest BCUT2D eigenvalue weighted by atomic mass is 9.87. The summed E-state index contributed by atoms with van der Waals surface area (Å²) in [5.41, 5.74) is 2.83. The molecule has 3 aromatic rings. The number of nitrogens with zero attached hydrogens (tertiary/aromatic N) is 1. The van der Waals surface area contributed by atoms with Crippen LogP contribution < -0.4 is 0 Å². The van der Waals surface area contributed by atoms with E-state index in [1.807, 2.05) is 18.2 Å². The van der Waals surface area contributed by atoms with E-state index >= 15 is 0 Å². The minimum Gasteiger partial charge on any atom is -0.338 e. The smallest absolute Gasteiger partial charge is 0.338 e. The average Bonchev–Trinajstić information content (AvgIpc) is 2.88. The van der Waals surface area contributed by atoms with Gasteiger partial charge in [0.1, 0.15) is 5.82 Å². The van der Waals surface area contributed by atoms with Crippen molar-refractivity contribution in [1.82, 2.24) is 9.97 Å². The number of alkyl halides is 3. The lowest BCUT2D eigenvalue weighted by Gasteiger charge is -2.18. The minimum atomic E-state index is -4.33. The molecule has 0 aliphatic carbocycles. The van der Waals surface area contributed by atoms with Gasteiger partial charge in [0.05, 0.1) is 16.6 Å². The lowest BCUT2D eigenvalue weighted by molar-refractivity contribution is -0.137. The van der Waals surface area contributed by atoms with Crippen molar-refractivity contribution in [1.29, 1.82) is 0 Å². The van der Waals surface area contributed by atoms with E-state index in [4.69, 9.17) is 0 Å². The van der Waals surface area contributed by atoms with Gasteiger partial charge in [-0.2, -0.15) is 13.2 Å². The Kier molecular flexibility index (Phi) is 3.47. The van der Waals surface area contributed by atoms with Crippen LogP contribution in [0.25, 0.3) is 22.4 Å². The first-order valence-electron chi connectivity index (χ1n) is 7.32. The van der Waals surface area contributed by atoms with Crippen molar-refractivity contribution in [3.8, 4) is 11.4 Å². The highest BCUT2D eigenvalue weighted by atomic mass is 19.4. The van der Waals surface area contributed by atoms with Gasteiger partial charge in [-0.05, 0) is 35.2 Å². The average molecular weight is 318 g/mol. The fraction of sp³-hybridized carbons (Fsp3) is 0.278. The maximum atomic E-state index is 12.6. The summed E-state index contributed by atoms with van der Waals surface area (Å²) in [6.45, 7) is 6.37. The number of aromatic nitrogens is 2. The van der Waals surface area contributed by atoms with Crippen LogP contribution in [0.2, 0.25) is 0 Å². The maximum absolute atomic E-state index is 12.6. The number of imidazole rings is 1. The van der Waals surface area contributed by atoms with Gasteiger partial charge in [0.15, 0.2) is 0 Å². The summed E-state index contributed by atoms with van der Waals surface area (Å²) >= 11 is 0. The third-order valence-corrected chi connectivity index (χ3v) is 3.83. The number of benzene rings is 2. The molecule has 0 atom stereocenters. The predicted octanol–water partition coefficient (Wildman–Crippen LogP) is 5.55. The molecule has 0 bridgehead atoms. The monoisotopic (exact) mass is 318 g/mol. The highest BCUT2D eigenvalue weighted by molar-refractivity contribution is 5.80. The molecule has 0 saturated carbocycles. The summed E-state index contributed by atoms with van der Waals surface area (Å²) in [7, 11) is 0. The predicted molar refractivity (Wildman–Crippen MR) is 85.2 cm³/mol. The molecule has 0 spiro atoms. The molecule has 1 N–H and O–H groups in total. The van der Waals surface area contributed by atoms with Gasteiger partial charge in [0.25, 0.3) is 0 Å². The second-order valence-electron chi connectivity index (χ2n) is 6.64. The van der Waals surface area contributed by atoms with E-state index < -0.39 is 11.7 Å². The number of halogens is 3. The fourth-order valence-corrected chi connectivity index (χ4v) is 2.43. The quantitative estimate of drug-likeness (QED) is 0.626. The molecule has 0 amide bonds. The molecule has 0 saturated heterocycles. The molecule has 23 heavy (non-hydrogen) atoms. The van der Waals surface area contributed by atoms with Crippen molar-refractivity contribution in [3.05, 3.63) is 53.6 Å². The Labute approximate surface area is 132 Å². The van der Waals surface area contributed by atoms with Crippen molar-refractivity contribution < 1.29 is 13.2 Å². The van der Waals surface area contributed by atoms with Gasteiger partial charge in [0, 0.05) is 5.56 Å². The van der Waals surface area contributed by atoms with Crippen LogP contribution in [0.5, 0.6) is 0 Å². The Morgan fingerprint density at radius 2 is 1.48 bits per heavy atom. The number of aromatic amines is 1. The maximum Gasteiger partial charge on any atom is 0.416 e. The van der Waals surface area contributed by atoms with Gasteiger partial charge in [-0.15, -0.1) is 0 Å². The molecule has 1 heterocycles. The Balaban J connectivity index is 2.00.